The van der Waals surface area contributed by atoms with Crippen LogP contribution in [-0.4, -0.2) is 35.8 Å². The average molecular weight is 457 g/mol. The summed E-state index contributed by atoms with van der Waals surface area (Å²) < 4.78 is 10.9. The molecule has 0 aliphatic carbocycles. The van der Waals surface area contributed by atoms with Gasteiger partial charge in [0.05, 0.1) is 30.8 Å². The molecule has 1 aromatic heterocycles. The van der Waals surface area contributed by atoms with Crippen molar-refractivity contribution in [2.45, 2.75) is 6.92 Å². The Morgan fingerprint density at radius 1 is 1.09 bits per heavy atom. The molecule has 4 aromatic rings. The molecule has 0 bridgehead atoms. The Balaban J connectivity index is 1.42. The number of hydrazone groups is 1. The first-order valence-corrected chi connectivity index (χ1v) is 10.6. The molecule has 0 atom stereocenters. The first-order valence-electron chi connectivity index (χ1n) is 10.6. The maximum atomic E-state index is 12.5. The zero-order valence-electron chi connectivity index (χ0n) is 18.7. The number of nitrogens with one attached hydrogen (secondary N) is 3. The molecule has 1 amide bonds. The molecule has 0 unspecified atom stereocenters. The van der Waals surface area contributed by atoms with E-state index in [1.54, 1.807) is 55.6 Å². The lowest BCUT2D eigenvalue weighted by Crippen LogP contribution is -2.17. The average Bonchev–Trinajstić information content (AvgIpc) is 2.85. The lowest BCUT2D eigenvalue weighted by Gasteiger charge is -2.11. The van der Waals surface area contributed by atoms with Crippen LogP contribution in [0.25, 0.3) is 10.9 Å². The molecule has 0 spiro atoms. The van der Waals surface area contributed by atoms with Gasteiger partial charge >= 0.3 is 0 Å². The number of para-hydroxylation sites is 2. The van der Waals surface area contributed by atoms with Gasteiger partial charge in [0.1, 0.15) is 0 Å². The maximum absolute atomic E-state index is 12.5. The number of carbonyl (C=O) groups is 1. The molecule has 1 heterocycles. The summed E-state index contributed by atoms with van der Waals surface area (Å²) in [6.07, 6.45) is 1.50. The second-order valence-corrected chi connectivity index (χ2v) is 7.14. The van der Waals surface area contributed by atoms with E-state index in [1.165, 1.54) is 6.21 Å². The van der Waals surface area contributed by atoms with E-state index in [4.69, 9.17) is 9.47 Å². The predicted octanol–water partition coefficient (Wildman–Crippen LogP) is 3.84. The van der Waals surface area contributed by atoms with Crippen molar-refractivity contribution in [3.63, 3.8) is 0 Å². The number of aromatic nitrogens is 2. The fourth-order valence-corrected chi connectivity index (χ4v) is 3.33. The summed E-state index contributed by atoms with van der Waals surface area (Å²) in [7, 11) is 1.55. The zero-order chi connectivity index (χ0) is 23.9. The first-order chi connectivity index (χ1) is 16.6. The lowest BCUT2D eigenvalue weighted by molar-refractivity contribution is 0.0955. The van der Waals surface area contributed by atoms with E-state index in [9.17, 15) is 9.59 Å². The van der Waals surface area contributed by atoms with Crippen molar-refractivity contribution >= 4 is 34.7 Å². The van der Waals surface area contributed by atoms with Crippen LogP contribution in [0.15, 0.2) is 76.6 Å². The van der Waals surface area contributed by atoms with Crippen LogP contribution in [0.5, 0.6) is 11.5 Å². The number of rotatable bonds is 8. The number of fused-ring (bicyclic) bond motifs is 1. The molecule has 0 radical (unpaired) electrons. The zero-order valence-corrected chi connectivity index (χ0v) is 18.7. The van der Waals surface area contributed by atoms with Crippen LogP contribution in [0.1, 0.15) is 22.8 Å². The molecule has 0 aliphatic rings. The minimum atomic E-state index is -0.375. The molecule has 3 N–H and O–H groups in total. The van der Waals surface area contributed by atoms with Gasteiger partial charge in [-0.25, -0.2) is 10.4 Å². The van der Waals surface area contributed by atoms with Crippen molar-refractivity contribution in [2.24, 2.45) is 5.10 Å². The molecule has 9 heteroatoms. The van der Waals surface area contributed by atoms with Gasteiger partial charge in [0.25, 0.3) is 11.5 Å². The number of hydrogen-bond acceptors (Lipinski definition) is 7. The minimum absolute atomic E-state index is 0.231. The van der Waals surface area contributed by atoms with Crippen LogP contribution < -0.4 is 25.8 Å². The quantitative estimate of drug-likeness (QED) is 0.273. The van der Waals surface area contributed by atoms with Crippen LogP contribution in [-0.2, 0) is 0 Å². The number of benzene rings is 3. The van der Waals surface area contributed by atoms with E-state index in [-0.39, 0.29) is 11.5 Å². The van der Waals surface area contributed by atoms with Crippen LogP contribution >= 0.6 is 0 Å². The Bertz CT molecular complexity index is 1400. The fraction of sp³-hybridized carbons (Fsp3) is 0.120. The van der Waals surface area contributed by atoms with Gasteiger partial charge in [0, 0.05) is 16.8 Å². The maximum Gasteiger partial charge on any atom is 0.271 e. The van der Waals surface area contributed by atoms with E-state index in [0.29, 0.717) is 51.8 Å². The van der Waals surface area contributed by atoms with Crippen LogP contribution in [0.2, 0.25) is 0 Å². The molecule has 172 valence electrons. The summed E-state index contributed by atoms with van der Waals surface area (Å²) in [6, 6.07) is 19.2. The number of ether oxygens (including phenoxy) is 2. The Morgan fingerprint density at radius 3 is 2.65 bits per heavy atom. The van der Waals surface area contributed by atoms with Crippen molar-refractivity contribution in [1.82, 2.24) is 15.4 Å². The minimum Gasteiger partial charge on any atom is -0.492 e. The van der Waals surface area contributed by atoms with Crippen molar-refractivity contribution in [1.29, 1.82) is 0 Å². The Morgan fingerprint density at radius 2 is 1.88 bits per heavy atom. The predicted molar refractivity (Wildman–Crippen MR) is 131 cm³/mol. The second-order valence-electron chi connectivity index (χ2n) is 7.14. The van der Waals surface area contributed by atoms with E-state index in [1.807, 2.05) is 25.1 Å². The van der Waals surface area contributed by atoms with E-state index in [2.05, 4.69) is 25.8 Å². The molecule has 0 saturated carbocycles. The van der Waals surface area contributed by atoms with Crippen molar-refractivity contribution in [3.8, 4) is 11.5 Å². The number of anilines is 2. The third kappa shape index (κ3) is 5.04. The van der Waals surface area contributed by atoms with Gasteiger partial charge < -0.3 is 14.8 Å². The molecule has 9 nitrogen and oxygen atoms in total. The highest BCUT2D eigenvalue weighted by atomic mass is 16.5. The van der Waals surface area contributed by atoms with Crippen LogP contribution in [0.4, 0.5) is 11.6 Å². The van der Waals surface area contributed by atoms with Crippen molar-refractivity contribution < 1.29 is 14.3 Å². The second kappa shape index (κ2) is 10.3. The fourth-order valence-electron chi connectivity index (χ4n) is 3.33. The Hall–Kier alpha value is -4.66. The SMILES string of the molecule is CCOc1cccc(/C=N\NC(=O)c2ccc(Nc3nc4ccccc4c(=O)[nH]3)cc2)c1OC. The van der Waals surface area contributed by atoms with E-state index in [0.717, 1.165) is 0 Å². The highest BCUT2D eigenvalue weighted by molar-refractivity contribution is 5.95. The Kier molecular flexibility index (Phi) is 6.83. The molecule has 3 aromatic carbocycles. The number of aromatic amines is 1. The third-order valence-electron chi connectivity index (χ3n) is 4.91. The summed E-state index contributed by atoms with van der Waals surface area (Å²) in [5.41, 5.74) is 4.61. The molecule has 0 saturated heterocycles. The molecule has 0 aliphatic heterocycles. The standard InChI is InChI=1S/C25H23N5O4/c1-3-34-21-10-6-7-17(22(21)33-2)15-26-30-23(31)16-11-13-18(14-12-16)27-25-28-20-9-5-4-8-19(20)24(32)29-25/h4-15H,3H2,1-2H3,(H,30,31)(H2,27,28,29,32)/b26-15-. The monoisotopic (exact) mass is 457 g/mol. The Labute approximate surface area is 195 Å². The molecule has 34 heavy (non-hydrogen) atoms. The topological polar surface area (TPSA) is 118 Å². The number of hydrogen-bond donors (Lipinski definition) is 3. The van der Waals surface area contributed by atoms with Gasteiger partial charge in [0.2, 0.25) is 5.95 Å². The number of amides is 1. The number of carbonyl (C=O) groups excluding carboxylic acids is 1. The van der Waals surface area contributed by atoms with Gasteiger partial charge in [-0.05, 0) is 55.5 Å². The van der Waals surface area contributed by atoms with Crippen molar-refractivity contribution in [2.75, 3.05) is 19.0 Å². The van der Waals surface area contributed by atoms with Gasteiger partial charge in [-0.15, -0.1) is 0 Å². The highest BCUT2D eigenvalue weighted by Gasteiger charge is 2.09. The smallest absolute Gasteiger partial charge is 0.271 e. The van der Waals surface area contributed by atoms with Gasteiger partial charge in [-0.3, -0.25) is 14.6 Å². The number of methoxy groups -OCH3 is 1. The van der Waals surface area contributed by atoms with Crippen molar-refractivity contribution in [3.05, 3.63) is 88.2 Å². The summed E-state index contributed by atoms with van der Waals surface area (Å²) in [5, 5.41) is 7.59. The normalized spacial score (nSPS) is 10.9. The summed E-state index contributed by atoms with van der Waals surface area (Å²) in [5.74, 6) is 1.08. The molecule has 0 fully saturated rings. The van der Waals surface area contributed by atoms with Crippen LogP contribution in [0.3, 0.4) is 0 Å². The first kappa shape index (κ1) is 22.5. The van der Waals surface area contributed by atoms with E-state index < -0.39 is 0 Å². The van der Waals surface area contributed by atoms with Gasteiger partial charge in [-0.2, -0.15) is 5.10 Å². The summed E-state index contributed by atoms with van der Waals surface area (Å²) in [4.78, 5) is 31.8. The third-order valence-corrected chi connectivity index (χ3v) is 4.91. The van der Waals surface area contributed by atoms with Gasteiger partial charge in [0.15, 0.2) is 11.5 Å². The van der Waals surface area contributed by atoms with E-state index >= 15 is 0 Å². The van der Waals surface area contributed by atoms with Crippen LogP contribution in [0, 0.1) is 0 Å². The number of nitrogens with zero attached hydrogens (tertiary/aromatic N) is 2. The van der Waals surface area contributed by atoms with Gasteiger partial charge in [-0.1, -0.05) is 18.2 Å². The lowest BCUT2D eigenvalue weighted by atomic mass is 10.2. The number of H-pyrrole nitrogens is 1. The molecular weight excluding hydrogens is 434 g/mol. The molecular formula is C25H23N5O4. The summed E-state index contributed by atoms with van der Waals surface area (Å²) in [6.45, 7) is 2.39. The summed E-state index contributed by atoms with van der Waals surface area (Å²) >= 11 is 0. The molecule has 4 rings (SSSR count). The highest BCUT2D eigenvalue weighted by Crippen LogP contribution is 2.29. The largest absolute Gasteiger partial charge is 0.492 e.